The molecule has 6 nitrogen and oxygen atoms in total. The standard InChI is InChI=1S/C14H19N5O/c1-4-12-16-13(18-17-12)9-15-14(20)10-7-5-6-8-11(10)19(2)3/h5-8H,4,9H2,1-3H3,(H,15,20)(H,16,17,18). The minimum absolute atomic E-state index is 0.122. The highest BCUT2D eigenvalue weighted by atomic mass is 16.1. The van der Waals surface area contributed by atoms with E-state index < -0.39 is 0 Å². The van der Waals surface area contributed by atoms with Crippen molar-refractivity contribution in [3.05, 3.63) is 41.5 Å². The summed E-state index contributed by atoms with van der Waals surface area (Å²) in [6.07, 6.45) is 0.772. The van der Waals surface area contributed by atoms with Crippen molar-refractivity contribution in [1.82, 2.24) is 20.5 Å². The normalized spacial score (nSPS) is 10.3. The van der Waals surface area contributed by atoms with E-state index in [-0.39, 0.29) is 5.91 Å². The Morgan fingerprint density at radius 1 is 1.35 bits per heavy atom. The number of nitrogens with one attached hydrogen (secondary N) is 2. The second kappa shape index (κ2) is 6.18. The predicted octanol–water partition coefficient (Wildman–Crippen LogP) is 1.36. The topological polar surface area (TPSA) is 73.9 Å². The Balaban J connectivity index is 2.05. The van der Waals surface area contributed by atoms with Crippen LogP contribution in [0.15, 0.2) is 24.3 Å². The van der Waals surface area contributed by atoms with Crippen LogP contribution in [0.1, 0.15) is 28.9 Å². The maximum absolute atomic E-state index is 12.2. The molecule has 0 saturated carbocycles. The van der Waals surface area contributed by atoms with Crippen LogP contribution < -0.4 is 10.2 Å². The molecule has 1 aromatic carbocycles. The summed E-state index contributed by atoms with van der Waals surface area (Å²) >= 11 is 0. The van der Waals surface area contributed by atoms with E-state index in [0.717, 1.165) is 17.9 Å². The van der Waals surface area contributed by atoms with Gasteiger partial charge in [-0.2, -0.15) is 5.10 Å². The number of aromatic nitrogens is 3. The van der Waals surface area contributed by atoms with Crippen LogP contribution in [-0.2, 0) is 13.0 Å². The minimum Gasteiger partial charge on any atom is -0.377 e. The summed E-state index contributed by atoms with van der Waals surface area (Å²) in [4.78, 5) is 18.4. The third-order valence-electron chi connectivity index (χ3n) is 2.94. The van der Waals surface area contributed by atoms with Crippen molar-refractivity contribution in [3.8, 4) is 0 Å². The van der Waals surface area contributed by atoms with Crippen molar-refractivity contribution in [3.63, 3.8) is 0 Å². The van der Waals surface area contributed by atoms with Gasteiger partial charge in [0.25, 0.3) is 5.91 Å². The van der Waals surface area contributed by atoms with E-state index in [0.29, 0.717) is 17.9 Å². The van der Waals surface area contributed by atoms with Gasteiger partial charge >= 0.3 is 0 Å². The Bertz CT molecular complexity index is 591. The fraction of sp³-hybridized carbons (Fsp3) is 0.357. The number of benzene rings is 1. The number of aromatic amines is 1. The molecule has 2 rings (SSSR count). The molecule has 1 amide bonds. The number of aryl methyl sites for hydroxylation is 1. The Hall–Kier alpha value is -2.37. The highest BCUT2D eigenvalue weighted by Crippen LogP contribution is 2.17. The largest absolute Gasteiger partial charge is 0.377 e. The Morgan fingerprint density at radius 2 is 2.10 bits per heavy atom. The highest BCUT2D eigenvalue weighted by Gasteiger charge is 2.12. The lowest BCUT2D eigenvalue weighted by atomic mass is 10.1. The number of hydrogen-bond donors (Lipinski definition) is 2. The first-order valence-electron chi connectivity index (χ1n) is 6.56. The maximum Gasteiger partial charge on any atom is 0.253 e. The molecule has 106 valence electrons. The van der Waals surface area contributed by atoms with E-state index in [4.69, 9.17) is 0 Å². The lowest BCUT2D eigenvalue weighted by Crippen LogP contribution is -2.25. The Kier molecular flexibility index (Phi) is 4.34. The van der Waals surface area contributed by atoms with Crippen LogP contribution >= 0.6 is 0 Å². The van der Waals surface area contributed by atoms with Gasteiger partial charge in [0.1, 0.15) is 5.82 Å². The number of amides is 1. The van der Waals surface area contributed by atoms with Crippen LogP contribution in [0.25, 0.3) is 0 Å². The van der Waals surface area contributed by atoms with Gasteiger partial charge in [0, 0.05) is 26.2 Å². The molecule has 0 radical (unpaired) electrons. The molecule has 0 spiro atoms. The van der Waals surface area contributed by atoms with Crippen LogP contribution in [0, 0.1) is 0 Å². The number of anilines is 1. The second-order valence-electron chi connectivity index (χ2n) is 4.65. The Labute approximate surface area is 118 Å². The smallest absolute Gasteiger partial charge is 0.253 e. The first-order chi connectivity index (χ1) is 9.61. The summed E-state index contributed by atoms with van der Waals surface area (Å²) in [5, 5.41) is 9.70. The number of carbonyl (C=O) groups is 1. The number of para-hydroxylation sites is 1. The summed E-state index contributed by atoms with van der Waals surface area (Å²) in [6, 6.07) is 7.49. The molecule has 0 saturated heterocycles. The zero-order chi connectivity index (χ0) is 14.5. The molecule has 0 aliphatic rings. The fourth-order valence-electron chi connectivity index (χ4n) is 1.89. The van der Waals surface area contributed by atoms with Gasteiger partial charge in [-0.25, -0.2) is 4.98 Å². The summed E-state index contributed by atoms with van der Waals surface area (Å²) < 4.78 is 0. The van der Waals surface area contributed by atoms with Gasteiger partial charge in [0.15, 0.2) is 5.82 Å². The number of hydrogen-bond acceptors (Lipinski definition) is 4. The molecule has 0 atom stereocenters. The molecule has 2 N–H and O–H groups in total. The van der Waals surface area contributed by atoms with Crippen LogP contribution in [0.5, 0.6) is 0 Å². The van der Waals surface area contributed by atoms with E-state index in [2.05, 4.69) is 20.5 Å². The number of carbonyl (C=O) groups excluding carboxylic acids is 1. The molecule has 0 bridgehead atoms. The molecule has 1 heterocycles. The van der Waals surface area contributed by atoms with Gasteiger partial charge in [-0.05, 0) is 12.1 Å². The summed E-state index contributed by atoms with van der Waals surface area (Å²) in [7, 11) is 3.83. The van der Waals surface area contributed by atoms with E-state index in [9.17, 15) is 4.79 Å². The number of H-pyrrole nitrogens is 1. The first kappa shape index (κ1) is 14.0. The molecule has 0 aliphatic carbocycles. The molecule has 0 fully saturated rings. The van der Waals surface area contributed by atoms with Crippen LogP contribution in [0.2, 0.25) is 0 Å². The average molecular weight is 273 g/mol. The zero-order valence-electron chi connectivity index (χ0n) is 12.0. The van der Waals surface area contributed by atoms with Crippen molar-refractivity contribution < 1.29 is 4.79 Å². The molecule has 2 aromatic rings. The summed E-state index contributed by atoms with van der Waals surface area (Å²) in [6.45, 7) is 2.33. The molecule has 1 aromatic heterocycles. The quantitative estimate of drug-likeness (QED) is 0.862. The van der Waals surface area contributed by atoms with E-state index in [1.807, 2.05) is 50.2 Å². The Morgan fingerprint density at radius 3 is 2.75 bits per heavy atom. The molecule has 0 unspecified atom stereocenters. The van der Waals surface area contributed by atoms with E-state index in [1.165, 1.54) is 0 Å². The zero-order valence-corrected chi connectivity index (χ0v) is 12.0. The number of rotatable bonds is 5. The van der Waals surface area contributed by atoms with E-state index >= 15 is 0 Å². The van der Waals surface area contributed by atoms with Gasteiger partial charge < -0.3 is 10.2 Å². The molecular weight excluding hydrogens is 254 g/mol. The van der Waals surface area contributed by atoms with Gasteiger partial charge in [-0.15, -0.1) is 0 Å². The van der Waals surface area contributed by atoms with Crippen LogP contribution in [-0.4, -0.2) is 35.2 Å². The summed E-state index contributed by atoms with van der Waals surface area (Å²) in [5.74, 6) is 1.30. The number of nitrogens with zero attached hydrogens (tertiary/aromatic N) is 3. The second-order valence-corrected chi connectivity index (χ2v) is 4.65. The minimum atomic E-state index is -0.122. The van der Waals surface area contributed by atoms with Crippen molar-refractivity contribution in [1.29, 1.82) is 0 Å². The third-order valence-corrected chi connectivity index (χ3v) is 2.94. The molecular formula is C14H19N5O. The average Bonchev–Trinajstić information content (AvgIpc) is 2.92. The monoisotopic (exact) mass is 273 g/mol. The summed E-state index contributed by atoms with van der Waals surface area (Å²) in [5.41, 5.74) is 1.53. The SMILES string of the molecule is CCc1n[nH]c(CNC(=O)c2ccccc2N(C)C)n1. The highest BCUT2D eigenvalue weighted by molar-refractivity contribution is 5.99. The lowest BCUT2D eigenvalue weighted by Gasteiger charge is -2.16. The first-order valence-corrected chi connectivity index (χ1v) is 6.56. The fourth-order valence-corrected chi connectivity index (χ4v) is 1.89. The van der Waals surface area contributed by atoms with Crippen molar-refractivity contribution in [2.24, 2.45) is 0 Å². The van der Waals surface area contributed by atoms with Gasteiger partial charge in [-0.1, -0.05) is 19.1 Å². The van der Waals surface area contributed by atoms with Crippen molar-refractivity contribution in [2.75, 3.05) is 19.0 Å². The lowest BCUT2D eigenvalue weighted by molar-refractivity contribution is 0.0950. The van der Waals surface area contributed by atoms with Gasteiger partial charge in [-0.3, -0.25) is 9.89 Å². The van der Waals surface area contributed by atoms with Crippen LogP contribution in [0.3, 0.4) is 0 Å². The van der Waals surface area contributed by atoms with Gasteiger partial charge in [0.05, 0.1) is 12.1 Å². The molecule has 0 aliphatic heterocycles. The van der Waals surface area contributed by atoms with E-state index in [1.54, 1.807) is 0 Å². The van der Waals surface area contributed by atoms with Crippen LogP contribution in [0.4, 0.5) is 5.69 Å². The van der Waals surface area contributed by atoms with Crippen molar-refractivity contribution >= 4 is 11.6 Å². The maximum atomic E-state index is 12.2. The van der Waals surface area contributed by atoms with Gasteiger partial charge in [0.2, 0.25) is 0 Å². The third kappa shape index (κ3) is 3.14. The molecule has 20 heavy (non-hydrogen) atoms. The molecule has 6 heteroatoms. The predicted molar refractivity (Wildman–Crippen MR) is 77.7 cm³/mol. The van der Waals surface area contributed by atoms with Crippen molar-refractivity contribution in [2.45, 2.75) is 19.9 Å².